The lowest BCUT2D eigenvalue weighted by Gasteiger charge is -2.31. The first-order valence-electron chi connectivity index (χ1n) is 10.9. The third kappa shape index (κ3) is 4.58. The molecule has 4 rings (SSSR count). The van der Waals surface area contributed by atoms with E-state index in [1.54, 1.807) is 0 Å². The van der Waals surface area contributed by atoms with Gasteiger partial charge in [-0.1, -0.05) is 12.8 Å². The Labute approximate surface area is 201 Å². The first-order chi connectivity index (χ1) is 16.8. The molecule has 0 spiro atoms. The maximum absolute atomic E-state index is 14.7. The standard InChI is InChI=1S/C22H22F5N5O4/c1-31-15-9-28-20(29-14-8-13(22(25,26)27)12(18(33)34)7-16(14)36-2)30-17(15)32(11-5-3-4-6-11)10-21(23,24)19(31)35/h7-9,11H,3-6,10H2,1-2H3,(H,33,34)(H,28,29,30). The molecule has 0 saturated heterocycles. The van der Waals surface area contributed by atoms with Crippen molar-refractivity contribution in [2.24, 2.45) is 0 Å². The Hall–Kier alpha value is -3.71. The molecule has 2 aromatic rings. The number of hydrogen-bond acceptors (Lipinski definition) is 7. The number of nitrogens with one attached hydrogen (secondary N) is 1. The van der Waals surface area contributed by atoms with Crippen LogP contribution in [0.25, 0.3) is 0 Å². The van der Waals surface area contributed by atoms with Crippen molar-refractivity contribution in [2.75, 3.05) is 35.8 Å². The van der Waals surface area contributed by atoms with Gasteiger partial charge in [0.2, 0.25) is 5.95 Å². The fourth-order valence-corrected chi connectivity index (χ4v) is 4.48. The van der Waals surface area contributed by atoms with Crippen LogP contribution in [0.15, 0.2) is 18.3 Å². The second-order valence-corrected chi connectivity index (χ2v) is 8.56. The van der Waals surface area contributed by atoms with Crippen LogP contribution in [0, 0.1) is 0 Å². The average molecular weight is 515 g/mol. The van der Waals surface area contributed by atoms with Gasteiger partial charge in [0.05, 0.1) is 36.7 Å². The zero-order valence-corrected chi connectivity index (χ0v) is 19.2. The third-order valence-corrected chi connectivity index (χ3v) is 6.26. The lowest BCUT2D eigenvalue weighted by molar-refractivity contribution is -0.140. The molecule has 0 radical (unpaired) electrons. The van der Waals surface area contributed by atoms with Crippen molar-refractivity contribution >= 4 is 35.0 Å². The van der Waals surface area contributed by atoms with Gasteiger partial charge in [-0.2, -0.15) is 26.9 Å². The fourth-order valence-electron chi connectivity index (χ4n) is 4.48. The molecule has 1 aliphatic carbocycles. The normalized spacial score (nSPS) is 18.1. The van der Waals surface area contributed by atoms with E-state index in [1.807, 2.05) is 0 Å². The van der Waals surface area contributed by atoms with Crippen molar-refractivity contribution in [2.45, 2.75) is 43.8 Å². The molecule has 1 aromatic carbocycles. The topological polar surface area (TPSA) is 108 Å². The van der Waals surface area contributed by atoms with Crippen LogP contribution in [0.4, 0.5) is 45.1 Å². The van der Waals surface area contributed by atoms with Crippen LogP contribution in [0.5, 0.6) is 5.75 Å². The van der Waals surface area contributed by atoms with E-state index >= 15 is 0 Å². The second kappa shape index (κ2) is 9.06. The van der Waals surface area contributed by atoms with Gasteiger partial charge in [-0.15, -0.1) is 0 Å². The van der Waals surface area contributed by atoms with E-state index in [0.29, 0.717) is 18.9 Å². The summed E-state index contributed by atoms with van der Waals surface area (Å²) < 4.78 is 75.1. The minimum atomic E-state index is -4.99. The molecule has 1 amide bonds. The number of nitrogens with zero attached hydrogens (tertiary/aromatic N) is 4. The summed E-state index contributed by atoms with van der Waals surface area (Å²) in [5, 5.41) is 11.8. The number of aromatic nitrogens is 2. The van der Waals surface area contributed by atoms with Crippen LogP contribution in [-0.2, 0) is 11.0 Å². The smallest absolute Gasteiger partial charge is 0.417 e. The number of fused-ring (bicyclic) bond motifs is 1. The Bertz CT molecular complexity index is 1200. The van der Waals surface area contributed by atoms with Crippen molar-refractivity contribution in [3.8, 4) is 5.75 Å². The molecular weight excluding hydrogens is 493 g/mol. The maximum Gasteiger partial charge on any atom is 0.417 e. The van der Waals surface area contributed by atoms with E-state index in [1.165, 1.54) is 11.9 Å². The van der Waals surface area contributed by atoms with Crippen LogP contribution in [0.1, 0.15) is 41.6 Å². The molecule has 1 aromatic heterocycles. The predicted molar refractivity (Wildman–Crippen MR) is 118 cm³/mol. The molecule has 1 aliphatic heterocycles. The fraction of sp³-hybridized carbons (Fsp3) is 0.455. The summed E-state index contributed by atoms with van der Waals surface area (Å²) in [5.41, 5.74) is -2.70. The highest BCUT2D eigenvalue weighted by atomic mass is 19.4. The van der Waals surface area contributed by atoms with Crippen molar-refractivity contribution < 1.29 is 41.4 Å². The SMILES string of the molecule is COc1cc(C(=O)O)c(C(F)(F)F)cc1Nc1ncc2c(n1)N(C1CCCC1)CC(F)(F)C(=O)N2C. The Kier molecular flexibility index (Phi) is 6.39. The van der Waals surface area contributed by atoms with E-state index in [9.17, 15) is 36.6 Å². The van der Waals surface area contributed by atoms with E-state index in [2.05, 4.69) is 15.3 Å². The van der Waals surface area contributed by atoms with E-state index in [0.717, 1.165) is 37.1 Å². The summed E-state index contributed by atoms with van der Waals surface area (Å²) in [4.78, 5) is 34.2. The summed E-state index contributed by atoms with van der Waals surface area (Å²) in [7, 11) is 2.31. The van der Waals surface area contributed by atoms with Gasteiger partial charge < -0.3 is 25.0 Å². The molecule has 36 heavy (non-hydrogen) atoms. The number of benzene rings is 1. The summed E-state index contributed by atoms with van der Waals surface area (Å²) in [6.45, 7) is -0.904. The highest BCUT2D eigenvalue weighted by molar-refractivity contribution is 6.02. The van der Waals surface area contributed by atoms with Gasteiger partial charge in [-0.05, 0) is 25.0 Å². The summed E-state index contributed by atoms with van der Waals surface area (Å²) >= 11 is 0. The van der Waals surface area contributed by atoms with Gasteiger partial charge in [-0.25, -0.2) is 9.78 Å². The Balaban J connectivity index is 1.80. The summed E-state index contributed by atoms with van der Waals surface area (Å²) in [6, 6.07) is 0.961. The molecule has 14 heteroatoms. The number of carbonyl (C=O) groups excluding carboxylic acids is 1. The number of alkyl halides is 5. The molecule has 1 saturated carbocycles. The number of aromatic carboxylic acids is 1. The number of methoxy groups -OCH3 is 1. The first kappa shape index (κ1) is 25.4. The molecule has 1 fully saturated rings. The van der Waals surface area contributed by atoms with E-state index < -0.39 is 41.6 Å². The molecule has 194 valence electrons. The number of carboxylic acid groups (broad SMARTS) is 1. The Morgan fingerprint density at radius 2 is 1.92 bits per heavy atom. The summed E-state index contributed by atoms with van der Waals surface area (Å²) in [5.74, 6) is -7.36. The van der Waals surface area contributed by atoms with E-state index in [4.69, 9.17) is 4.74 Å². The molecule has 0 atom stereocenters. The number of halogens is 5. The second-order valence-electron chi connectivity index (χ2n) is 8.56. The van der Waals surface area contributed by atoms with Crippen molar-refractivity contribution in [3.05, 3.63) is 29.5 Å². The Morgan fingerprint density at radius 1 is 1.25 bits per heavy atom. The first-order valence-corrected chi connectivity index (χ1v) is 10.9. The molecule has 0 unspecified atom stereocenters. The van der Waals surface area contributed by atoms with Crippen molar-refractivity contribution in [3.63, 3.8) is 0 Å². The number of ether oxygens (including phenoxy) is 1. The lowest BCUT2D eigenvalue weighted by atomic mass is 10.1. The molecular formula is C22H22F5N5O4. The number of carboxylic acids is 1. The Morgan fingerprint density at radius 3 is 2.50 bits per heavy atom. The number of anilines is 4. The summed E-state index contributed by atoms with van der Waals surface area (Å²) in [6.07, 6.45) is -1.00. The quantitative estimate of drug-likeness (QED) is 0.568. The molecule has 2 heterocycles. The van der Waals surface area contributed by atoms with Crippen LogP contribution in [0.2, 0.25) is 0 Å². The zero-order valence-electron chi connectivity index (χ0n) is 19.2. The molecule has 2 aliphatic rings. The highest BCUT2D eigenvalue weighted by Crippen LogP contribution is 2.41. The molecule has 0 bridgehead atoms. The predicted octanol–water partition coefficient (Wildman–Crippen LogP) is 4.31. The van der Waals surface area contributed by atoms with Crippen molar-refractivity contribution in [1.82, 2.24) is 9.97 Å². The number of carbonyl (C=O) groups is 2. The minimum Gasteiger partial charge on any atom is -0.495 e. The molecule has 9 nitrogen and oxygen atoms in total. The van der Waals surface area contributed by atoms with Gasteiger partial charge in [0, 0.05) is 13.1 Å². The van der Waals surface area contributed by atoms with Crippen molar-refractivity contribution in [1.29, 1.82) is 0 Å². The maximum atomic E-state index is 14.7. The van der Waals surface area contributed by atoms with Crippen LogP contribution >= 0.6 is 0 Å². The largest absolute Gasteiger partial charge is 0.495 e. The third-order valence-electron chi connectivity index (χ3n) is 6.26. The van der Waals surface area contributed by atoms with Crippen LogP contribution in [-0.4, -0.2) is 59.6 Å². The van der Waals surface area contributed by atoms with Gasteiger partial charge in [0.25, 0.3) is 5.91 Å². The van der Waals surface area contributed by atoms with Gasteiger partial charge in [0.1, 0.15) is 11.4 Å². The van der Waals surface area contributed by atoms with Crippen LogP contribution in [0.3, 0.4) is 0 Å². The number of amides is 1. The van der Waals surface area contributed by atoms with Crippen LogP contribution < -0.4 is 19.9 Å². The lowest BCUT2D eigenvalue weighted by Crippen LogP contribution is -2.48. The number of rotatable bonds is 5. The average Bonchev–Trinajstić information content (AvgIpc) is 3.33. The van der Waals surface area contributed by atoms with E-state index in [-0.39, 0.29) is 34.9 Å². The minimum absolute atomic E-state index is 0.0267. The monoisotopic (exact) mass is 515 g/mol. The highest BCUT2D eigenvalue weighted by Gasteiger charge is 2.49. The van der Waals surface area contributed by atoms with Gasteiger partial charge >= 0.3 is 18.1 Å². The zero-order chi connectivity index (χ0) is 26.4. The van der Waals surface area contributed by atoms with Gasteiger partial charge in [0.15, 0.2) is 5.82 Å². The molecule has 2 N–H and O–H groups in total. The van der Waals surface area contributed by atoms with Gasteiger partial charge in [-0.3, -0.25) is 4.79 Å². The number of hydrogen-bond donors (Lipinski definition) is 2.